The maximum absolute atomic E-state index is 5.76. The predicted molar refractivity (Wildman–Crippen MR) is 60.3 cm³/mol. The molecular weight excluding hydrogens is 172 g/mol. The summed E-state index contributed by atoms with van der Waals surface area (Å²) in [5.74, 6) is 0. The van der Waals surface area contributed by atoms with E-state index in [1.54, 1.807) is 0 Å². The molecule has 0 fully saturated rings. The van der Waals surface area contributed by atoms with Gasteiger partial charge in [-0.25, -0.2) is 0 Å². The van der Waals surface area contributed by atoms with Crippen LogP contribution in [0.4, 0.5) is 5.69 Å². The highest BCUT2D eigenvalue weighted by molar-refractivity contribution is 5.47. The van der Waals surface area contributed by atoms with Gasteiger partial charge in [0, 0.05) is 17.8 Å². The van der Waals surface area contributed by atoms with Crippen LogP contribution in [0.2, 0.25) is 0 Å². The molecule has 1 aliphatic rings. The number of nitrogens with one attached hydrogen (secondary N) is 1. The van der Waals surface area contributed by atoms with Crippen LogP contribution in [-0.4, -0.2) is 12.1 Å². The SMILES string of the molecule is CC(C)NC1Cc2ccc(N)cc2C1. The second-order valence-corrected chi connectivity index (χ2v) is 4.45. The van der Waals surface area contributed by atoms with Crippen LogP contribution in [0.5, 0.6) is 0 Å². The van der Waals surface area contributed by atoms with Gasteiger partial charge >= 0.3 is 0 Å². The van der Waals surface area contributed by atoms with E-state index < -0.39 is 0 Å². The second-order valence-electron chi connectivity index (χ2n) is 4.45. The highest BCUT2D eigenvalue weighted by atomic mass is 14.9. The Balaban J connectivity index is 2.10. The van der Waals surface area contributed by atoms with E-state index in [9.17, 15) is 0 Å². The van der Waals surface area contributed by atoms with Crippen molar-refractivity contribution < 1.29 is 0 Å². The van der Waals surface area contributed by atoms with Crippen molar-refractivity contribution in [3.63, 3.8) is 0 Å². The van der Waals surface area contributed by atoms with Gasteiger partial charge in [0.1, 0.15) is 0 Å². The van der Waals surface area contributed by atoms with Gasteiger partial charge in [-0.05, 0) is 36.1 Å². The van der Waals surface area contributed by atoms with Crippen molar-refractivity contribution in [2.24, 2.45) is 0 Å². The first kappa shape index (κ1) is 9.53. The summed E-state index contributed by atoms with van der Waals surface area (Å²) in [6.07, 6.45) is 2.27. The Labute approximate surface area is 85.5 Å². The molecule has 0 saturated heterocycles. The molecule has 1 atom stereocenters. The summed E-state index contributed by atoms with van der Waals surface area (Å²) in [6.45, 7) is 4.38. The van der Waals surface area contributed by atoms with Crippen molar-refractivity contribution in [2.75, 3.05) is 5.73 Å². The summed E-state index contributed by atoms with van der Waals surface area (Å²) < 4.78 is 0. The minimum atomic E-state index is 0.562. The number of nitrogens with two attached hydrogens (primary N) is 1. The number of hydrogen-bond donors (Lipinski definition) is 2. The average Bonchev–Trinajstić information content (AvgIpc) is 2.44. The van der Waals surface area contributed by atoms with Gasteiger partial charge in [0.25, 0.3) is 0 Å². The summed E-state index contributed by atoms with van der Waals surface area (Å²) in [6, 6.07) is 7.43. The molecule has 2 rings (SSSR count). The molecule has 1 aromatic rings. The molecule has 76 valence electrons. The average molecular weight is 190 g/mol. The van der Waals surface area contributed by atoms with Crippen LogP contribution < -0.4 is 11.1 Å². The highest BCUT2D eigenvalue weighted by Crippen LogP contribution is 2.24. The minimum Gasteiger partial charge on any atom is -0.399 e. The number of benzene rings is 1. The zero-order valence-electron chi connectivity index (χ0n) is 8.88. The molecule has 2 heteroatoms. The fourth-order valence-corrected chi connectivity index (χ4v) is 2.23. The maximum Gasteiger partial charge on any atom is 0.0316 e. The Morgan fingerprint density at radius 2 is 2.00 bits per heavy atom. The van der Waals surface area contributed by atoms with Gasteiger partial charge in [0.15, 0.2) is 0 Å². The van der Waals surface area contributed by atoms with E-state index in [2.05, 4.69) is 31.3 Å². The summed E-state index contributed by atoms with van der Waals surface area (Å²) in [7, 11) is 0. The van der Waals surface area contributed by atoms with Crippen LogP contribution >= 0.6 is 0 Å². The molecule has 1 aliphatic carbocycles. The summed E-state index contributed by atoms with van der Waals surface area (Å²) in [4.78, 5) is 0. The highest BCUT2D eigenvalue weighted by Gasteiger charge is 2.21. The van der Waals surface area contributed by atoms with Gasteiger partial charge < -0.3 is 11.1 Å². The molecule has 1 unspecified atom stereocenters. The van der Waals surface area contributed by atoms with Crippen molar-refractivity contribution in [1.82, 2.24) is 5.32 Å². The molecule has 0 aliphatic heterocycles. The fraction of sp³-hybridized carbons (Fsp3) is 0.500. The molecule has 0 amide bonds. The van der Waals surface area contributed by atoms with E-state index in [0.29, 0.717) is 12.1 Å². The van der Waals surface area contributed by atoms with Crippen LogP contribution in [0.1, 0.15) is 25.0 Å². The molecule has 0 bridgehead atoms. The Hall–Kier alpha value is -1.02. The zero-order chi connectivity index (χ0) is 10.1. The Bertz CT molecular complexity index is 331. The summed E-state index contributed by atoms with van der Waals surface area (Å²) in [5.41, 5.74) is 9.52. The lowest BCUT2D eigenvalue weighted by Crippen LogP contribution is -2.35. The maximum atomic E-state index is 5.76. The quantitative estimate of drug-likeness (QED) is 0.697. The minimum absolute atomic E-state index is 0.562. The van der Waals surface area contributed by atoms with Crippen LogP contribution in [0.15, 0.2) is 18.2 Å². The third-order valence-corrected chi connectivity index (χ3v) is 2.73. The summed E-state index contributed by atoms with van der Waals surface area (Å²) >= 11 is 0. The van der Waals surface area contributed by atoms with Crippen molar-refractivity contribution in [3.8, 4) is 0 Å². The Kier molecular flexibility index (Phi) is 2.46. The third kappa shape index (κ3) is 1.90. The molecule has 14 heavy (non-hydrogen) atoms. The van der Waals surface area contributed by atoms with E-state index in [1.165, 1.54) is 11.1 Å². The van der Waals surface area contributed by atoms with Gasteiger partial charge in [-0.3, -0.25) is 0 Å². The second kappa shape index (κ2) is 3.62. The number of anilines is 1. The monoisotopic (exact) mass is 190 g/mol. The van der Waals surface area contributed by atoms with E-state index in [1.807, 2.05) is 6.07 Å². The third-order valence-electron chi connectivity index (χ3n) is 2.73. The number of nitrogen functional groups attached to an aromatic ring is 1. The van der Waals surface area contributed by atoms with Crippen molar-refractivity contribution in [2.45, 2.75) is 38.8 Å². The van der Waals surface area contributed by atoms with Crippen LogP contribution in [0.3, 0.4) is 0 Å². The first-order valence-corrected chi connectivity index (χ1v) is 5.28. The molecular formula is C12H18N2. The predicted octanol–water partition coefficient (Wildman–Crippen LogP) is 1.73. The Morgan fingerprint density at radius 1 is 1.29 bits per heavy atom. The lowest BCUT2D eigenvalue weighted by molar-refractivity contribution is 0.478. The van der Waals surface area contributed by atoms with E-state index >= 15 is 0 Å². The lowest BCUT2D eigenvalue weighted by Gasteiger charge is -2.14. The molecule has 1 aromatic carbocycles. The topological polar surface area (TPSA) is 38.0 Å². The Morgan fingerprint density at radius 3 is 2.71 bits per heavy atom. The van der Waals surface area contributed by atoms with Gasteiger partial charge in [0.05, 0.1) is 0 Å². The van der Waals surface area contributed by atoms with Crippen LogP contribution in [-0.2, 0) is 12.8 Å². The van der Waals surface area contributed by atoms with Gasteiger partial charge in [-0.1, -0.05) is 19.9 Å². The normalized spacial score (nSPS) is 20.1. The largest absolute Gasteiger partial charge is 0.399 e. The van der Waals surface area contributed by atoms with Gasteiger partial charge in [0.2, 0.25) is 0 Å². The van der Waals surface area contributed by atoms with E-state index in [-0.39, 0.29) is 0 Å². The first-order chi connectivity index (χ1) is 6.65. The van der Waals surface area contributed by atoms with Crippen molar-refractivity contribution in [1.29, 1.82) is 0 Å². The molecule has 0 heterocycles. The smallest absolute Gasteiger partial charge is 0.0316 e. The van der Waals surface area contributed by atoms with Gasteiger partial charge in [-0.2, -0.15) is 0 Å². The molecule has 0 aromatic heterocycles. The molecule has 0 radical (unpaired) electrons. The van der Waals surface area contributed by atoms with Crippen LogP contribution in [0.25, 0.3) is 0 Å². The zero-order valence-corrected chi connectivity index (χ0v) is 8.88. The molecule has 0 spiro atoms. The molecule has 2 nitrogen and oxygen atoms in total. The number of fused-ring (bicyclic) bond motifs is 1. The van der Waals surface area contributed by atoms with Crippen molar-refractivity contribution >= 4 is 5.69 Å². The fourth-order valence-electron chi connectivity index (χ4n) is 2.23. The number of rotatable bonds is 2. The summed E-state index contributed by atoms with van der Waals surface area (Å²) in [5, 5.41) is 3.57. The van der Waals surface area contributed by atoms with Crippen LogP contribution in [0, 0.1) is 0 Å². The molecule has 0 saturated carbocycles. The number of hydrogen-bond acceptors (Lipinski definition) is 2. The lowest BCUT2D eigenvalue weighted by atomic mass is 10.1. The molecule has 3 N–H and O–H groups in total. The standard InChI is InChI=1S/C12H18N2/c1-8(2)14-12-6-9-3-4-11(13)5-10(9)7-12/h3-5,8,12,14H,6-7,13H2,1-2H3. The van der Waals surface area contributed by atoms with E-state index in [0.717, 1.165) is 18.5 Å². The van der Waals surface area contributed by atoms with Gasteiger partial charge in [-0.15, -0.1) is 0 Å². The first-order valence-electron chi connectivity index (χ1n) is 5.28. The van der Waals surface area contributed by atoms with E-state index in [4.69, 9.17) is 5.73 Å². The van der Waals surface area contributed by atoms with Crippen molar-refractivity contribution in [3.05, 3.63) is 29.3 Å².